The standard InChI is InChI=1S/C15H28.C11H22.C10H20.C10H14.C9H16.C8H18.C3H8/c1-12-3-7-14(8-4-12)11-15-9-5-13(2)6-10-15;1-9-6-10(2,3)8-11(4,5)7-9;2*1-3-9-6-5-7-10(4-2)8-9;1-2-8-5-7-3-4-9(8)6-7;1-3-5-7-8-6-4-2;1-3-2/h12-15H,3-11H2,1-2H3;9H,6-8H2,1-5H3;9-10H,3-8H2,1-2H3;5-8H,3-4H2,1-2H3;7-9H,2-6H2,1H3;3-8H2,1-2H3;3H2,1-2H3. The summed E-state index contributed by atoms with van der Waals surface area (Å²) in [5, 5.41) is 0. The van der Waals surface area contributed by atoms with Gasteiger partial charge in [0, 0.05) is 0 Å². The number of benzene rings is 1. The lowest BCUT2D eigenvalue weighted by molar-refractivity contribution is 0.0754. The Bertz CT molecular complexity index is 1150. The molecule has 6 saturated carbocycles. The van der Waals surface area contributed by atoms with Crippen LogP contribution in [0, 0.1) is 70.0 Å². The second-order valence-corrected chi connectivity index (χ2v) is 25.7. The first kappa shape index (κ1) is 63.2. The molecule has 5 atom stereocenters. The molecule has 6 aliphatic carbocycles. The van der Waals surface area contributed by atoms with Gasteiger partial charge in [0.15, 0.2) is 0 Å². The zero-order chi connectivity index (χ0) is 49.4. The molecule has 6 fully saturated rings. The van der Waals surface area contributed by atoms with E-state index in [-0.39, 0.29) is 0 Å². The third kappa shape index (κ3) is 29.4. The van der Waals surface area contributed by atoms with E-state index in [0.717, 1.165) is 72.0 Å². The minimum Gasteiger partial charge on any atom is -0.0656 e. The van der Waals surface area contributed by atoms with Crippen molar-refractivity contribution in [3.8, 4) is 0 Å². The number of hydrogen-bond donors (Lipinski definition) is 0. The van der Waals surface area contributed by atoms with Crippen LogP contribution in [0.1, 0.15) is 315 Å². The Morgan fingerprint density at radius 3 is 1.24 bits per heavy atom. The Kier molecular flexibility index (Phi) is 35.5. The molecule has 0 radical (unpaired) electrons. The van der Waals surface area contributed by atoms with Crippen LogP contribution in [0.25, 0.3) is 0 Å². The quantitative estimate of drug-likeness (QED) is 0.183. The van der Waals surface area contributed by atoms with Gasteiger partial charge in [-0.05, 0) is 145 Å². The van der Waals surface area contributed by atoms with Crippen molar-refractivity contribution in [2.45, 2.75) is 316 Å². The lowest BCUT2D eigenvalue weighted by atomic mass is 9.62. The molecule has 66 heavy (non-hydrogen) atoms. The van der Waals surface area contributed by atoms with Crippen molar-refractivity contribution in [1.29, 1.82) is 0 Å². The van der Waals surface area contributed by atoms with Gasteiger partial charge in [-0.2, -0.15) is 0 Å². The van der Waals surface area contributed by atoms with E-state index in [9.17, 15) is 0 Å². The highest BCUT2D eigenvalue weighted by Crippen LogP contribution is 2.50. The van der Waals surface area contributed by atoms with E-state index >= 15 is 0 Å². The summed E-state index contributed by atoms with van der Waals surface area (Å²) in [6.45, 7) is 37.0. The molecule has 0 N–H and O–H groups in total. The SMILES string of the molecule is CC1CC(C)(C)CC(C)(C)C1.CC1CCC(CC2CCC(C)CC2)CC1.CCC.CCC1CC2CCC1C2.CCC1CCCC(CC)C1.CCCCCCCC.CCc1cccc(CC)c1. The molecular formula is C66H126. The van der Waals surface area contributed by atoms with Crippen molar-refractivity contribution in [2.75, 3.05) is 0 Å². The van der Waals surface area contributed by atoms with Crippen LogP contribution in [0.2, 0.25) is 0 Å². The maximum absolute atomic E-state index is 2.43. The lowest BCUT2D eigenvalue weighted by Gasteiger charge is -2.44. The summed E-state index contributed by atoms with van der Waals surface area (Å²) in [5.74, 6) is 10.7. The van der Waals surface area contributed by atoms with Gasteiger partial charge in [-0.15, -0.1) is 0 Å². The molecular weight excluding hydrogens is 793 g/mol. The predicted molar refractivity (Wildman–Crippen MR) is 303 cm³/mol. The summed E-state index contributed by atoms with van der Waals surface area (Å²) in [6, 6.07) is 8.77. The van der Waals surface area contributed by atoms with Gasteiger partial charge >= 0.3 is 0 Å². The Labute approximate surface area is 419 Å². The molecule has 0 heteroatoms. The van der Waals surface area contributed by atoms with E-state index in [4.69, 9.17) is 0 Å². The molecule has 0 spiro atoms. The highest BCUT2D eigenvalue weighted by Gasteiger charge is 2.38. The van der Waals surface area contributed by atoms with Gasteiger partial charge in [0.05, 0.1) is 0 Å². The molecule has 2 bridgehead atoms. The lowest BCUT2D eigenvalue weighted by Crippen LogP contribution is -2.32. The monoisotopic (exact) mass is 919 g/mol. The number of aryl methyl sites for hydroxylation is 2. The normalized spacial score (nSPS) is 29.5. The van der Waals surface area contributed by atoms with Crippen molar-refractivity contribution in [3.63, 3.8) is 0 Å². The number of unbranched alkanes of at least 4 members (excludes halogenated alkanes) is 5. The van der Waals surface area contributed by atoms with Gasteiger partial charge in [-0.25, -0.2) is 0 Å². The minimum absolute atomic E-state index is 0.584. The van der Waals surface area contributed by atoms with Gasteiger partial charge in [0.25, 0.3) is 0 Å². The summed E-state index contributed by atoms with van der Waals surface area (Å²) in [4.78, 5) is 0. The third-order valence-electron chi connectivity index (χ3n) is 17.4. The average Bonchev–Trinajstić information content (AvgIpc) is 3.94. The second-order valence-electron chi connectivity index (χ2n) is 25.7. The van der Waals surface area contributed by atoms with Crippen LogP contribution in [0.3, 0.4) is 0 Å². The van der Waals surface area contributed by atoms with Gasteiger partial charge in [-0.1, -0.05) is 276 Å². The predicted octanol–water partition coefficient (Wildman–Crippen LogP) is 22.9. The zero-order valence-electron chi connectivity index (χ0n) is 48.7. The first-order valence-corrected chi connectivity index (χ1v) is 30.6. The Hall–Kier alpha value is -0.780. The number of fused-ring (bicyclic) bond motifs is 2. The molecule has 5 unspecified atom stereocenters. The van der Waals surface area contributed by atoms with Crippen molar-refractivity contribution < 1.29 is 0 Å². The van der Waals surface area contributed by atoms with Crippen LogP contribution >= 0.6 is 0 Å². The first-order valence-electron chi connectivity index (χ1n) is 30.6. The number of hydrogen-bond acceptors (Lipinski definition) is 0. The molecule has 0 nitrogen and oxygen atoms in total. The summed E-state index contributed by atoms with van der Waals surface area (Å²) in [5.41, 5.74) is 4.06. The number of rotatable bonds is 12. The molecule has 1 aromatic carbocycles. The molecule has 0 aromatic heterocycles. The summed E-state index contributed by atoms with van der Waals surface area (Å²) >= 11 is 0. The average molecular weight is 920 g/mol. The minimum atomic E-state index is 0.584. The Morgan fingerprint density at radius 2 is 0.924 bits per heavy atom. The highest BCUT2D eigenvalue weighted by atomic mass is 14.4. The van der Waals surface area contributed by atoms with Crippen LogP contribution in [-0.2, 0) is 12.8 Å². The van der Waals surface area contributed by atoms with E-state index < -0.39 is 0 Å². The summed E-state index contributed by atoms with van der Waals surface area (Å²) < 4.78 is 0. The fourth-order valence-electron chi connectivity index (χ4n) is 13.9. The molecule has 7 rings (SSSR count). The van der Waals surface area contributed by atoms with Crippen molar-refractivity contribution in [1.82, 2.24) is 0 Å². The molecule has 0 saturated heterocycles. The summed E-state index contributed by atoms with van der Waals surface area (Å²) in [7, 11) is 0. The van der Waals surface area contributed by atoms with Gasteiger partial charge in [0.2, 0.25) is 0 Å². The van der Waals surface area contributed by atoms with E-state index in [2.05, 4.69) is 135 Å². The van der Waals surface area contributed by atoms with Crippen LogP contribution < -0.4 is 0 Å². The highest BCUT2D eigenvalue weighted by molar-refractivity contribution is 5.23. The molecule has 0 heterocycles. The van der Waals surface area contributed by atoms with Crippen molar-refractivity contribution in [3.05, 3.63) is 35.4 Å². The fraction of sp³-hybridized carbons (Fsp3) is 0.909. The molecule has 1 aromatic rings. The summed E-state index contributed by atoms with van der Waals surface area (Å²) in [6.07, 6.45) is 46.6. The van der Waals surface area contributed by atoms with Crippen molar-refractivity contribution >= 4 is 0 Å². The van der Waals surface area contributed by atoms with E-state index in [1.54, 1.807) is 32.1 Å². The Morgan fingerprint density at radius 1 is 0.470 bits per heavy atom. The van der Waals surface area contributed by atoms with E-state index in [0.29, 0.717) is 10.8 Å². The maximum Gasteiger partial charge on any atom is -0.0307 e. The smallest absolute Gasteiger partial charge is 0.0307 e. The first-order chi connectivity index (χ1) is 31.5. The van der Waals surface area contributed by atoms with Crippen LogP contribution in [0.5, 0.6) is 0 Å². The molecule has 6 aliphatic rings. The van der Waals surface area contributed by atoms with Gasteiger partial charge in [-0.3, -0.25) is 0 Å². The Balaban J connectivity index is 0.000000396. The zero-order valence-corrected chi connectivity index (χ0v) is 48.7. The topological polar surface area (TPSA) is 0 Å². The van der Waals surface area contributed by atoms with Gasteiger partial charge < -0.3 is 0 Å². The van der Waals surface area contributed by atoms with E-state index in [1.165, 1.54) is 172 Å². The largest absolute Gasteiger partial charge is 0.0656 e. The molecule has 0 amide bonds. The van der Waals surface area contributed by atoms with Crippen LogP contribution in [0.4, 0.5) is 0 Å². The second kappa shape index (κ2) is 37.1. The van der Waals surface area contributed by atoms with Gasteiger partial charge in [0.1, 0.15) is 0 Å². The fourth-order valence-corrected chi connectivity index (χ4v) is 13.9. The molecule has 0 aliphatic heterocycles. The third-order valence-corrected chi connectivity index (χ3v) is 17.4. The maximum atomic E-state index is 2.43. The van der Waals surface area contributed by atoms with E-state index in [1.807, 2.05) is 0 Å². The molecule has 390 valence electrons. The van der Waals surface area contributed by atoms with Crippen LogP contribution in [-0.4, -0.2) is 0 Å². The van der Waals surface area contributed by atoms with Crippen molar-refractivity contribution in [2.24, 2.45) is 70.0 Å². The van der Waals surface area contributed by atoms with Crippen LogP contribution in [0.15, 0.2) is 24.3 Å².